The van der Waals surface area contributed by atoms with Crippen LogP contribution in [0.1, 0.15) is 17.2 Å². The van der Waals surface area contributed by atoms with E-state index in [9.17, 15) is 4.39 Å². The highest BCUT2D eigenvalue weighted by Gasteiger charge is 2.18. The Hall–Kier alpha value is -0.650. The second-order valence-corrected chi connectivity index (χ2v) is 5.65. The molecule has 2 aromatic carbocycles. The predicted molar refractivity (Wildman–Crippen MR) is 79.7 cm³/mol. The van der Waals surface area contributed by atoms with Gasteiger partial charge in [0.25, 0.3) is 0 Å². The molecule has 2 nitrogen and oxygen atoms in total. The van der Waals surface area contributed by atoms with Crippen molar-refractivity contribution in [3.05, 3.63) is 67.9 Å². The van der Waals surface area contributed by atoms with E-state index < -0.39 is 6.04 Å². The first-order valence-electron chi connectivity index (χ1n) is 5.39. The van der Waals surface area contributed by atoms with E-state index in [0.29, 0.717) is 25.6 Å². The number of hydrogen-bond acceptors (Lipinski definition) is 2. The van der Waals surface area contributed by atoms with E-state index >= 15 is 0 Å². The van der Waals surface area contributed by atoms with Gasteiger partial charge in [0.1, 0.15) is 5.82 Å². The van der Waals surface area contributed by atoms with Gasteiger partial charge in [0.2, 0.25) is 0 Å². The van der Waals surface area contributed by atoms with E-state index in [2.05, 4.69) is 21.4 Å². The van der Waals surface area contributed by atoms with Crippen LogP contribution in [0.2, 0.25) is 10.0 Å². The third kappa shape index (κ3) is 3.27. The van der Waals surface area contributed by atoms with Crippen LogP contribution in [0.5, 0.6) is 0 Å². The number of nitrogens with two attached hydrogens (primary N) is 1. The molecule has 0 heterocycles. The molecule has 2 rings (SSSR count). The number of benzene rings is 2. The molecule has 1 unspecified atom stereocenters. The second kappa shape index (κ2) is 6.20. The molecular formula is C13H10BrCl2FN2. The lowest BCUT2D eigenvalue weighted by Gasteiger charge is -2.19. The van der Waals surface area contributed by atoms with E-state index in [1.165, 1.54) is 12.1 Å². The summed E-state index contributed by atoms with van der Waals surface area (Å²) in [5.74, 6) is 5.21. The van der Waals surface area contributed by atoms with E-state index in [1.807, 2.05) is 0 Å². The lowest BCUT2D eigenvalue weighted by molar-refractivity contribution is 0.604. The highest BCUT2D eigenvalue weighted by atomic mass is 79.9. The van der Waals surface area contributed by atoms with Crippen molar-refractivity contribution >= 4 is 39.1 Å². The lowest BCUT2D eigenvalue weighted by atomic mass is 9.99. The monoisotopic (exact) mass is 362 g/mol. The van der Waals surface area contributed by atoms with E-state index in [-0.39, 0.29) is 5.82 Å². The van der Waals surface area contributed by atoms with Crippen molar-refractivity contribution in [1.29, 1.82) is 0 Å². The van der Waals surface area contributed by atoms with Gasteiger partial charge < -0.3 is 0 Å². The molecule has 0 radical (unpaired) electrons. The molecule has 0 bridgehead atoms. The first-order valence-corrected chi connectivity index (χ1v) is 6.94. The fourth-order valence-electron chi connectivity index (χ4n) is 1.85. The molecule has 0 aliphatic rings. The number of nitrogens with one attached hydrogen (secondary N) is 1. The fraction of sp³-hybridized carbons (Fsp3) is 0.0769. The third-order valence-corrected chi connectivity index (χ3v) is 3.97. The highest BCUT2D eigenvalue weighted by Crippen LogP contribution is 2.33. The first-order chi connectivity index (χ1) is 9.02. The quantitative estimate of drug-likeness (QED) is 0.624. The maximum atomic E-state index is 13.5. The molecule has 0 saturated carbocycles. The van der Waals surface area contributed by atoms with Crippen LogP contribution >= 0.6 is 39.1 Å². The van der Waals surface area contributed by atoms with Crippen LogP contribution in [0, 0.1) is 5.82 Å². The minimum absolute atomic E-state index is 0.359. The molecule has 6 heteroatoms. The Morgan fingerprint density at radius 1 is 1.21 bits per heavy atom. The summed E-state index contributed by atoms with van der Waals surface area (Å²) in [6.45, 7) is 0. The van der Waals surface area contributed by atoms with Crippen LogP contribution in [-0.4, -0.2) is 0 Å². The molecule has 0 saturated heterocycles. The summed E-state index contributed by atoms with van der Waals surface area (Å²) in [7, 11) is 0. The van der Waals surface area contributed by atoms with Gasteiger partial charge in [0.05, 0.1) is 16.1 Å². The second-order valence-electron chi connectivity index (χ2n) is 3.95. The fourth-order valence-corrected chi connectivity index (χ4v) is 2.75. The largest absolute Gasteiger partial charge is 0.271 e. The molecule has 19 heavy (non-hydrogen) atoms. The van der Waals surface area contributed by atoms with Crippen molar-refractivity contribution < 1.29 is 4.39 Å². The molecule has 1 atom stereocenters. The van der Waals surface area contributed by atoms with Gasteiger partial charge >= 0.3 is 0 Å². The van der Waals surface area contributed by atoms with E-state index in [0.717, 1.165) is 0 Å². The van der Waals surface area contributed by atoms with Crippen LogP contribution in [-0.2, 0) is 0 Å². The zero-order valence-corrected chi connectivity index (χ0v) is 12.7. The molecule has 2 aromatic rings. The summed E-state index contributed by atoms with van der Waals surface area (Å²) < 4.78 is 14.1. The Morgan fingerprint density at radius 2 is 1.95 bits per heavy atom. The van der Waals surface area contributed by atoms with Crippen molar-refractivity contribution in [1.82, 2.24) is 5.43 Å². The van der Waals surface area contributed by atoms with E-state index in [4.69, 9.17) is 29.0 Å². The Bertz CT molecular complexity index is 587. The number of rotatable bonds is 3. The van der Waals surface area contributed by atoms with Crippen molar-refractivity contribution in [2.24, 2.45) is 5.84 Å². The highest BCUT2D eigenvalue weighted by molar-refractivity contribution is 9.10. The summed E-state index contributed by atoms with van der Waals surface area (Å²) >= 11 is 15.4. The maximum absolute atomic E-state index is 13.5. The van der Waals surface area contributed by atoms with Crippen molar-refractivity contribution in [2.45, 2.75) is 6.04 Å². The summed E-state index contributed by atoms with van der Waals surface area (Å²) in [5.41, 5.74) is 3.97. The normalized spacial score (nSPS) is 12.5. The van der Waals surface area contributed by atoms with Crippen LogP contribution in [0.15, 0.2) is 40.9 Å². The van der Waals surface area contributed by atoms with Gasteiger partial charge in [0.15, 0.2) is 0 Å². The minimum Gasteiger partial charge on any atom is -0.271 e. The topological polar surface area (TPSA) is 38.0 Å². The summed E-state index contributed by atoms with van der Waals surface area (Å²) in [4.78, 5) is 0. The van der Waals surface area contributed by atoms with Crippen LogP contribution < -0.4 is 11.3 Å². The maximum Gasteiger partial charge on any atom is 0.124 e. The number of halogens is 4. The van der Waals surface area contributed by atoms with Gasteiger partial charge in [-0.05, 0) is 35.4 Å². The predicted octanol–water partition coefficient (Wildman–Crippen LogP) is 4.45. The molecular weight excluding hydrogens is 354 g/mol. The average Bonchev–Trinajstić information content (AvgIpc) is 2.34. The number of hydrogen-bond donors (Lipinski definition) is 2. The van der Waals surface area contributed by atoms with Gasteiger partial charge in [-0.15, -0.1) is 0 Å². The van der Waals surface area contributed by atoms with Crippen molar-refractivity contribution in [3.8, 4) is 0 Å². The Balaban J connectivity index is 2.53. The zero-order chi connectivity index (χ0) is 14.0. The molecule has 0 aliphatic carbocycles. The molecule has 3 N–H and O–H groups in total. The van der Waals surface area contributed by atoms with Gasteiger partial charge in [-0.1, -0.05) is 51.3 Å². The first kappa shape index (κ1) is 14.8. The van der Waals surface area contributed by atoms with Crippen molar-refractivity contribution in [2.75, 3.05) is 0 Å². The summed E-state index contributed by atoms with van der Waals surface area (Å²) in [6.07, 6.45) is 0. The SMILES string of the molecule is NNC(c1cc(F)cc(Br)c1)c1cccc(Cl)c1Cl. The number of hydrazine groups is 1. The molecule has 0 fully saturated rings. The van der Waals surface area contributed by atoms with Gasteiger partial charge in [-0.2, -0.15) is 0 Å². The summed E-state index contributed by atoms with van der Waals surface area (Å²) in [5, 5.41) is 0.822. The smallest absolute Gasteiger partial charge is 0.124 e. The lowest BCUT2D eigenvalue weighted by Crippen LogP contribution is -2.29. The molecule has 100 valence electrons. The third-order valence-electron chi connectivity index (χ3n) is 2.68. The van der Waals surface area contributed by atoms with Gasteiger partial charge in [-0.25, -0.2) is 9.82 Å². The molecule has 0 aromatic heterocycles. The molecule has 0 spiro atoms. The Labute approximate surface area is 128 Å². The average molecular weight is 364 g/mol. The van der Waals surface area contributed by atoms with Crippen LogP contribution in [0.4, 0.5) is 4.39 Å². The van der Waals surface area contributed by atoms with Crippen LogP contribution in [0.3, 0.4) is 0 Å². The Kier molecular flexibility index (Phi) is 4.81. The Morgan fingerprint density at radius 3 is 2.58 bits per heavy atom. The molecule has 0 amide bonds. The van der Waals surface area contributed by atoms with Crippen LogP contribution in [0.25, 0.3) is 0 Å². The van der Waals surface area contributed by atoms with Crippen molar-refractivity contribution in [3.63, 3.8) is 0 Å². The van der Waals surface area contributed by atoms with E-state index in [1.54, 1.807) is 24.3 Å². The van der Waals surface area contributed by atoms with Gasteiger partial charge in [-0.3, -0.25) is 5.84 Å². The standard InChI is InChI=1S/C13H10BrCl2FN2/c14-8-4-7(5-9(17)6-8)13(19-18)10-2-1-3-11(15)12(10)16/h1-6,13,19H,18H2. The molecule has 0 aliphatic heterocycles. The zero-order valence-electron chi connectivity index (χ0n) is 9.63. The van der Waals surface area contributed by atoms with Gasteiger partial charge in [0, 0.05) is 4.47 Å². The minimum atomic E-state index is -0.446. The summed E-state index contributed by atoms with van der Waals surface area (Å²) in [6, 6.07) is 9.33.